The summed E-state index contributed by atoms with van der Waals surface area (Å²) in [5.74, 6) is -0.335. The number of nitrogens with one attached hydrogen (secondary N) is 2. The maximum absolute atomic E-state index is 12.6. The SMILES string of the molecule is CC(=O)Nc1cccc(NC(=O)c2ccc(-n3c(C)ccc3C)cc2)c1C. The lowest BCUT2D eigenvalue weighted by Crippen LogP contribution is -2.14. The van der Waals surface area contributed by atoms with Crippen LogP contribution in [0.5, 0.6) is 0 Å². The molecule has 0 spiro atoms. The van der Waals surface area contributed by atoms with Crippen molar-refractivity contribution in [1.82, 2.24) is 4.57 Å². The summed E-state index contributed by atoms with van der Waals surface area (Å²) in [6.07, 6.45) is 0. The van der Waals surface area contributed by atoms with E-state index in [2.05, 4.69) is 41.2 Å². The molecule has 0 bridgehead atoms. The third kappa shape index (κ3) is 3.92. The molecule has 2 amide bonds. The summed E-state index contributed by atoms with van der Waals surface area (Å²) in [5, 5.41) is 5.69. The first kappa shape index (κ1) is 18.5. The number of hydrogen-bond donors (Lipinski definition) is 2. The zero-order valence-electron chi connectivity index (χ0n) is 16.0. The van der Waals surface area contributed by atoms with Crippen molar-refractivity contribution >= 4 is 23.2 Å². The Bertz CT molecular complexity index is 981. The predicted octanol–water partition coefficient (Wildman–Crippen LogP) is 4.61. The highest BCUT2D eigenvalue weighted by atomic mass is 16.2. The maximum atomic E-state index is 12.6. The largest absolute Gasteiger partial charge is 0.326 e. The second-order valence-electron chi connectivity index (χ2n) is 6.61. The van der Waals surface area contributed by atoms with Gasteiger partial charge in [0.05, 0.1) is 0 Å². The Kier molecular flexibility index (Phi) is 5.12. The van der Waals surface area contributed by atoms with Gasteiger partial charge in [0, 0.05) is 40.9 Å². The first-order valence-electron chi connectivity index (χ1n) is 8.81. The average Bonchev–Trinajstić information content (AvgIpc) is 2.96. The molecule has 2 aromatic carbocycles. The molecule has 0 aliphatic rings. The van der Waals surface area contributed by atoms with E-state index in [9.17, 15) is 9.59 Å². The lowest BCUT2D eigenvalue weighted by atomic mass is 10.1. The van der Waals surface area contributed by atoms with Gasteiger partial charge in [0.15, 0.2) is 0 Å². The molecule has 0 radical (unpaired) electrons. The van der Waals surface area contributed by atoms with Gasteiger partial charge in [-0.25, -0.2) is 0 Å². The van der Waals surface area contributed by atoms with Crippen LogP contribution in [0.15, 0.2) is 54.6 Å². The Morgan fingerprint density at radius 2 is 1.33 bits per heavy atom. The molecule has 0 aliphatic carbocycles. The number of carbonyl (C=O) groups excluding carboxylic acids is 2. The number of aryl methyl sites for hydroxylation is 2. The van der Waals surface area contributed by atoms with Crippen molar-refractivity contribution < 1.29 is 9.59 Å². The molecule has 3 aromatic rings. The monoisotopic (exact) mass is 361 g/mol. The Labute approximate surface area is 159 Å². The topological polar surface area (TPSA) is 63.1 Å². The van der Waals surface area contributed by atoms with Gasteiger partial charge in [0.25, 0.3) is 5.91 Å². The normalized spacial score (nSPS) is 10.5. The molecule has 5 heteroatoms. The maximum Gasteiger partial charge on any atom is 0.255 e. The van der Waals surface area contributed by atoms with Crippen molar-refractivity contribution in [2.45, 2.75) is 27.7 Å². The van der Waals surface area contributed by atoms with E-state index in [1.165, 1.54) is 6.92 Å². The molecule has 0 fully saturated rings. The van der Waals surface area contributed by atoms with Crippen LogP contribution in [0.1, 0.15) is 34.2 Å². The van der Waals surface area contributed by atoms with E-state index in [0.29, 0.717) is 16.9 Å². The van der Waals surface area contributed by atoms with Crippen molar-refractivity contribution in [3.8, 4) is 5.69 Å². The summed E-state index contributed by atoms with van der Waals surface area (Å²) in [5.41, 5.74) is 6.07. The standard InChI is InChI=1S/C22H23N3O2/c1-14-8-9-15(2)25(14)19-12-10-18(11-13-19)22(27)24-21-7-5-6-20(16(21)3)23-17(4)26/h5-13H,1-4H3,(H,23,26)(H,24,27). The number of hydrogen-bond acceptors (Lipinski definition) is 2. The molecular weight excluding hydrogens is 338 g/mol. The van der Waals surface area contributed by atoms with Gasteiger partial charge in [0.1, 0.15) is 0 Å². The third-order valence-electron chi connectivity index (χ3n) is 4.55. The summed E-state index contributed by atoms with van der Waals surface area (Å²) in [7, 11) is 0. The van der Waals surface area contributed by atoms with Crippen LogP contribution in [0.4, 0.5) is 11.4 Å². The number of rotatable bonds is 4. The van der Waals surface area contributed by atoms with E-state index in [1.54, 1.807) is 6.07 Å². The molecule has 0 unspecified atom stereocenters. The Balaban J connectivity index is 1.80. The smallest absolute Gasteiger partial charge is 0.255 e. The Hall–Kier alpha value is -3.34. The highest BCUT2D eigenvalue weighted by Gasteiger charge is 2.11. The zero-order chi connectivity index (χ0) is 19.6. The van der Waals surface area contributed by atoms with E-state index in [-0.39, 0.29) is 11.8 Å². The van der Waals surface area contributed by atoms with E-state index < -0.39 is 0 Å². The minimum Gasteiger partial charge on any atom is -0.326 e. The number of benzene rings is 2. The fourth-order valence-electron chi connectivity index (χ4n) is 3.13. The Morgan fingerprint density at radius 3 is 1.89 bits per heavy atom. The van der Waals surface area contributed by atoms with Gasteiger partial charge in [0.2, 0.25) is 5.91 Å². The molecule has 0 aliphatic heterocycles. The lowest BCUT2D eigenvalue weighted by molar-refractivity contribution is -0.114. The average molecular weight is 361 g/mol. The number of anilines is 2. The summed E-state index contributed by atoms with van der Waals surface area (Å²) < 4.78 is 2.14. The molecule has 0 saturated heterocycles. The van der Waals surface area contributed by atoms with Gasteiger partial charge < -0.3 is 15.2 Å². The quantitative estimate of drug-likeness (QED) is 0.712. The van der Waals surface area contributed by atoms with Crippen molar-refractivity contribution in [3.05, 3.63) is 77.1 Å². The number of carbonyl (C=O) groups is 2. The van der Waals surface area contributed by atoms with Gasteiger partial charge in [-0.15, -0.1) is 0 Å². The van der Waals surface area contributed by atoms with Crippen molar-refractivity contribution in [2.75, 3.05) is 10.6 Å². The highest BCUT2D eigenvalue weighted by Crippen LogP contribution is 2.24. The zero-order valence-corrected chi connectivity index (χ0v) is 16.0. The highest BCUT2D eigenvalue weighted by molar-refractivity contribution is 6.05. The first-order valence-corrected chi connectivity index (χ1v) is 8.81. The van der Waals surface area contributed by atoms with E-state index in [4.69, 9.17) is 0 Å². The molecule has 1 aromatic heterocycles. The molecule has 0 atom stereocenters. The third-order valence-corrected chi connectivity index (χ3v) is 4.55. The van der Waals surface area contributed by atoms with Gasteiger partial charge in [-0.1, -0.05) is 6.07 Å². The minimum atomic E-state index is -0.189. The molecular formula is C22H23N3O2. The number of amides is 2. The van der Waals surface area contributed by atoms with Crippen LogP contribution in [0, 0.1) is 20.8 Å². The molecule has 138 valence electrons. The fourth-order valence-corrected chi connectivity index (χ4v) is 3.13. The lowest BCUT2D eigenvalue weighted by Gasteiger charge is -2.13. The Morgan fingerprint density at radius 1 is 0.778 bits per heavy atom. The molecule has 0 saturated carbocycles. The van der Waals surface area contributed by atoms with Gasteiger partial charge in [-0.3, -0.25) is 9.59 Å². The van der Waals surface area contributed by atoms with Crippen LogP contribution in [0.3, 0.4) is 0 Å². The summed E-state index contributed by atoms with van der Waals surface area (Å²) >= 11 is 0. The van der Waals surface area contributed by atoms with Crippen LogP contribution in [0.25, 0.3) is 5.69 Å². The summed E-state index contributed by atoms with van der Waals surface area (Å²) in [6, 6.07) is 17.1. The molecule has 27 heavy (non-hydrogen) atoms. The van der Waals surface area contributed by atoms with Crippen LogP contribution >= 0.6 is 0 Å². The first-order chi connectivity index (χ1) is 12.9. The van der Waals surface area contributed by atoms with E-state index in [0.717, 1.165) is 22.6 Å². The number of aromatic nitrogens is 1. The molecule has 5 nitrogen and oxygen atoms in total. The minimum absolute atomic E-state index is 0.146. The summed E-state index contributed by atoms with van der Waals surface area (Å²) in [4.78, 5) is 23.9. The van der Waals surface area contributed by atoms with Crippen LogP contribution in [0.2, 0.25) is 0 Å². The van der Waals surface area contributed by atoms with Crippen molar-refractivity contribution in [3.63, 3.8) is 0 Å². The van der Waals surface area contributed by atoms with Gasteiger partial charge in [-0.2, -0.15) is 0 Å². The molecule has 2 N–H and O–H groups in total. The van der Waals surface area contributed by atoms with Crippen LogP contribution in [-0.4, -0.2) is 16.4 Å². The number of nitrogens with zero attached hydrogens (tertiary/aromatic N) is 1. The van der Waals surface area contributed by atoms with E-state index in [1.807, 2.05) is 43.3 Å². The second-order valence-corrected chi connectivity index (χ2v) is 6.61. The predicted molar refractivity (Wildman–Crippen MR) is 109 cm³/mol. The van der Waals surface area contributed by atoms with E-state index >= 15 is 0 Å². The summed E-state index contributed by atoms with van der Waals surface area (Å²) in [6.45, 7) is 7.43. The molecule has 3 rings (SSSR count). The van der Waals surface area contributed by atoms with Gasteiger partial charge in [-0.05, 0) is 74.9 Å². The van der Waals surface area contributed by atoms with Crippen molar-refractivity contribution in [1.29, 1.82) is 0 Å². The van der Waals surface area contributed by atoms with Gasteiger partial charge >= 0.3 is 0 Å². The second kappa shape index (κ2) is 7.50. The van der Waals surface area contributed by atoms with Crippen LogP contribution < -0.4 is 10.6 Å². The van der Waals surface area contributed by atoms with Crippen LogP contribution in [-0.2, 0) is 4.79 Å². The van der Waals surface area contributed by atoms with Crippen molar-refractivity contribution in [2.24, 2.45) is 0 Å². The molecule has 1 heterocycles. The fraction of sp³-hybridized carbons (Fsp3) is 0.182.